The van der Waals surface area contributed by atoms with E-state index in [2.05, 4.69) is 16.1 Å². The van der Waals surface area contributed by atoms with Gasteiger partial charge in [0.15, 0.2) is 0 Å². The zero-order chi connectivity index (χ0) is 25.7. The van der Waals surface area contributed by atoms with Crippen LogP contribution >= 0.6 is 11.8 Å². The van der Waals surface area contributed by atoms with Gasteiger partial charge in [-0.05, 0) is 70.6 Å². The Morgan fingerprint density at radius 3 is 2.50 bits per heavy atom. The molecule has 0 aromatic heterocycles. The molecule has 0 bridgehead atoms. The lowest BCUT2D eigenvalue weighted by atomic mass is 9.79. The summed E-state index contributed by atoms with van der Waals surface area (Å²) in [6.07, 6.45) is 3.56. The fraction of sp³-hybridized carbons (Fsp3) is 0.875. The van der Waals surface area contributed by atoms with E-state index >= 15 is 0 Å². The molecule has 3 aliphatic carbocycles. The summed E-state index contributed by atoms with van der Waals surface area (Å²) >= 11 is 1.70. The third-order valence-corrected chi connectivity index (χ3v) is 11.9. The number of fused-ring (bicyclic) bond motifs is 1. The van der Waals surface area contributed by atoms with Crippen molar-refractivity contribution in [2.75, 3.05) is 19.6 Å². The van der Waals surface area contributed by atoms with Crippen LogP contribution in [0.5, 0.6) is 0 Å². The van der Waals surface area contributed by atoms with Gasteiger partial charge in [-0.1, -0.05) is 0 Å². The highest BCUT2D eigenvalue weighted by Crippen LogP contribution is 2.41. The first-order valence-electron chi connectivity index (χ1n) is 13.2. The molecule has 2 saturated heterocycles. The van der Waals surface area contributed by atoms with Gasteiger partial charge in [-0.3, -0.25) is 9.69 Å². The minimum atomic E-state index is -3.78. The quantitative estimate of drug-likeness (QED) is 0.507. The van der Waals surface area contributed by atoms with Crippen LogP contribution in [-0.4, -0.2) is 83.4 Å². The van der Waals surface area contributed by atoms with Crippen molar-refractivity contribution < 1.29 is 22.4 Å². The number of carbonyl (C=O) groups is 2. The highest BCUT2D eigenvalue weighted by Gasteiger charge is 2.53. The van der Waals surface area contributed by atoms with E-state index in [0.29, 0.717) is 71.0 Å². The van der Waals surface area contributed by atoms with E-state index in [1.165, 1.54) is 4.90 Å². The number of thioether (sulfide) groups is 1. The topological polar surface area (TPSA) is 123 Å². The van der Waals surface area contributed by atoms with Crippen LogP contribution in [0, 0.1) is 23.2 Å². The lowest BCUT2D eigenvalue weighted by molar-refractivity contribution is -0.140. The average Bonchev–Trinajstić information content (AvgIpc) is 3.50. The van der Waals surface area contributed by atoms with Crippen LogP contribution < -0.4 is 10.0 Å². The fourth-order valence-corrected chi connectivity index (χ4v) is 9.37. The number of rotatable bonds is 7. The van der Waals surface area contributed by atoms with E-state index in [4.69, 9.17) is 0 Å². The van der Waals surface area contributed by atoms with Gasteiger partial charge in [-0.2, -0.15) is 9.98 Å². The predicted octanol–water partition coefficient (Wildman–Crippen LogP) is 2.34. The van der Waals surface area contributed by atoms with Gasteiger partial charge in [-0.15, -0.1) is 11.8 Å². The molecule has 5 fully saturated rings. The van der Waals surface area contributed by atoms with Gasteiger partial charge in [0.25, 0.3) is 0 Å². The molecule has 5 rings (SSSR count). The van der Waals surface area contributed by atoms with Gasteiger partial charge in [-0.25, -0.2) is 17.6 Å². The summed E-state index contributed by atoms with van der Waals surface area (Å²) in [7, 11) is -3.78. The number of alkyl halides is 1. The molecule has 2 N–H and O–H groups in total. The molecule has 0 aromatic carbocycles. The zero-order valence-corrected chi connectivity index (χ0v) is 22.3. The molecule has 200 valence electrons. The van der Waals surface area contributed by atoms with Gasteiger partial charge in [0.1, 0.15) is 11.7 Å². The third kappa shape index (κ3) is 5.26. The molecular formula is C24H36FN5O4S2. The zero-order valence-electron chi connectivity index (χ0n) is 20.7. The molecule has 0 aromatic rings. The van der Waals surface area contributed by atoms with Crippen molar-refractivity contribution >= 4 is 33.7 Å². The molecule has 36 heavy (non-hydrogen) atoms. The van der Waals surface area contributed by atoms with Crippen molar-refractivity contribution in [3.63, 3.8) is 0 Å². The minimum absolute atomic E-state index is 0.0865. The van der Waals surface area contributed by atoms with Crippen molar-refractivity contribution in [1.29, 1.82) is 5.26 Å². The summed E-state index contributed by atoms with van der Waals surface area (Å²) in [6, 6.07) is 1.45. The van der Waals surface area contributed by atoms with E-state index in [0.717, 1.165) is 0 Å². The monoisotopic (exact) mass is 541 g/mol. The van der Waals surface area contributed by atoms with Crippen LogP contribution in [0.4, 0.5) is 9.18 Å². The van der Waals surface area contributed by atoms with Gasteiger partial charge >= 0.3 is 6.03 Å². The SMILES string of the molecule is CC1NCC(CN2C(=O)C3CC(S(=O)(=O)NC4(C#N)CC4)CCC3N(CC3CCC(F)CC3)C2=O)S1. The number of nitrogens with zero attached hydrogens (tertiary/aromatic N) is 3. The second kappa shape index (κ2) is 10.0. The maximum absolute atomic E-state index is 13.7. The van der Waals surface area contributed by atoms with Crippen molar-refractivity contribution in [2.24, 2.45) is 11.8 Å². The molecule has 0 spiro atoms. The second-order valence-corrected chi connectivity index (χ2v) is 14.9. The maximum atomic E-state index is 13.7. The molecule has 3 saturated carbocycles. The smallest absolute Gasteiger partial charge is 0.320 e. The fourth-order valence-electron chi connectivity index (χ4n) is 6.30. The number of carbonyl (C=O) groups excluding carboxylic acids is 2. The van der Waals surface area contributed by atoms with E-state index in [-0.39, 0.29) is 40.9 Å². The number of nitrogens with one attached hydrogen (secondary N) is 2. The number of halogens is 1. The van der Waals surface area contributed by atoms with Gasteiger partial charge in [0.05, 0.1) is 22.6 Å². The van der Waals surface area contributed by atoms with Crippen molar-refractivity contribution in [2.45, 2.75) is 98.3 Å². The molecule has 2 heterocycles. The third-order valence-electron chi connectivity index (χ3n) is 8.61. The van der Waals surface area contributed by atoms with Crippen molar-refractivity contribution in [1.82, 2.24) is 19.8 Å². The van der Waals surface area contributed by atoms with Crippen molar-refractivity contribution in [3.8, 4) is 6.07 Å². The summed E-state index contributed by atoms with van der Waals surface area (Å²) < 4.78 is 42.6. The number of urea groups is 1. The Hall–Kier alpha value is -1.42. The van der Waals surface area contributed by atoms with Crippen molar-refractivity contribution in [3.05, 3.63) is 0 Å². The first-order valence-corrected chi connectivity index (χ1v) is 15.7. The lowest BCUT2D eigenvalue weighted by Gasteiger charge is -2.49. The standard InChI is InChI=1S/C24H36FN5O4S2/c1-15-27-11-18(35-15)13-30-22(31)20-10-19(36(33,34)28-24(14-26)8-9-24)6-7-21(20)29(23(30)32)12-16-2-4-17(25)5-3-16/h15-21,27-28H,2-13H2,1H3. The molecule has 5 atom stereocenters. The molecule has 12 heteroatoms. The Labute approximate surface area is 216 Å². The van der Waals surface area contributed by atoms with E-state index in [9.17, 15) is 27.7 Å². The number of imide groups is 1. The van der Waals surface area contributed by atoms with Crippen LogP contribution in [0.1, 0.15) is 64.7 Å². The van der Waals surface area contributed by atoms with E-state index in [1.807, 2.05) is 6.92 Å². The number of sulfonamides is 1. The Morgan fingerprint density at radius 2 is 1.89 bits per heavy atom. The van der Waals surface area contributed by atoms with E-state index < -0.39 is 32.9 Å². The number of nitriles is 1. The number of hydrogen-bond donors (Lipinski definition) is 2. The summed E-state index contributed by atoms with van der Waals surface area (Å²) in [6.45, 7) is 3.53. The van der Waals surface area contributed by atoms with Crippen LogP contribution in [0.3, 0.4) is 0 Å². The summed E-state index contributed by atoms with van der Waals surface area (Å²) in [5, 5.41) is 12.3. The normalized spacial score (nSPS) is 38.5. The van der Waals surface area contributed by atoms with Crippen LogP contribution in [-0.2, 0) is 14.8 Å². The Kier molecular flexibility index (Phi) is 7.31. The molecule has 3 amide bonds. The number of hydrogen-bond acceptors (Lipinski definition) is 7. The summed E-state index contributed by atoms with van der Waals surface area (Å²) in [5.41, 5.74) is -1.00. The molecule has 9 nitrogen and oxygen atoms in total. The molecule has 5 aliphatic rings. The summed E-state index contributed by atoms with van der Waals surface area (Å²) in [5.74, 6) is -0.688. The van der Waals surface area contributed by atoms with Gasteiger partial charge in [0, 0.05) is 30.9 Å². The molecule has 0 radical (unpaired) electrons. The van der Waals surface area contributed by atoms with Crippen LogP contribution in [0.2, 0.25) is 0 Å². The largest absolute Gasteiger partial charge is 0.327 e. The van der Waals surface area contributed by atoms with Crippen LogP contribution in [0.15, 0.2) is 0 Å². The van der Waals surface area contributed by atoms with Crippen LogP contribution in [0.25, 0.3) is 0 Å². The first kappa shape index (κ1) is 26.2. The Balaban J connectivity index is 1.35. The highest BCUT2D eigenvalue weighted by atomic mass is 32.2. The predicted molar refractivity (Wildman–Crippen MR) is 134 cm³/mol. The lowest BCUT2D eigenvalue weighted by Crippen LogP contribution is -2.65. The average molecular weight is 542 g/mol. The Bertz CT molecular complexity index is 1020. The highest BCUT2D eigenvalue weighted by molar-refractivity contribution is 8.00. The van der Waals surface area contributed by atoms with Gasteiger partial charge in [0.2, 0.25) is 15.9 Å². The minimum Gasteiger partial charge on any atom is -0.320 e. The second-order valence-electron chi connectivity index (χ2n) is 11.3. The number of amides is 3. The Morgan fingerprint density at radius 1 is 1.17 bits per heavy atom. The molecule has 2 aliphatic heterocycles. The summed E-state index contributed by atoms with van der Waals surface area (Å²) in [4.78, 5) is 30.5. The van der Waals surface area contributed by atoms with E-state index in [1.54, 1.807) is 16.7 Å². The van der Waals surface area contributed by atoms with Gasteiger partial charge < -0.3 is 10.2 Å². The first-order chi connectivity index (χ1) is 17.1. The maximum Gasteiger partial charge on any atom is 0.327 e. The molecular weight excluding hydrogens is 505 g/mol. The molecule has 5 unspecified atom stereocenters.